The fourth-order valence-corrected chi connectivity index (χ4v) is 6.78. The fraction of sp³-hybridized carbons (Fsp3) is 0.692. The summed E-state index contributed by atoms with van der Waals surface area (Å²) < 4.78 is 5.89. The average molecular weight is 808 g/mol. The molecule has 0 aliphatic heterocycles. The van der Waals surface area contributed by atoms with Crippen molar-refractivity contribution in [2.24, 2.45) is 0 Å². The van der Waals surface area contributed by atoms with E-state index >= 15 is 0 Å². The Balaban J connectivity index is 4.69. The summed E-state index contributed by atoms with van der Waals surface area (Å²) in [5.74, 6) is -0.545. The molecule has 3 atom stereocenters. The molecular weight excluding hydrogens is 719 g/mol. The van der Waals surface area contributed by atoms with E-state index in [4.69, 9.17) is 4.74 Å². The van der Waals surface area contributed by atoms with Gasteiger partial charge >= 0.3 is 5.97 Å². The summed E-state index contributed by atoms with van der Waals surface area (Å²) in [6.07, 6.45) is 57.8. The van der Waals surface area contributed by atoms with Crippen LogP contribution in [-0.4, -0.2) is 46.9 Å². The standard InChI is InChI=1S/C52H89NO5/c1-4-7-10-13-16-19-22-25-26-27-30-33-36-39-42-45-52(57)58-48(43-40-37-34-31-28-23-20-17-14-11-8-5-2)46-51(56)53-49(47-54)50(55)44-41-38-35-32-29-24-21-18-15-12-9-6-3/h7-8,10-11,13,16-17,19-20,22,25-27,30,48-50,54-55H,4-6,9,12,14-15,18,21,23-24,28-29,31-47H2,1-3H3,(H,53,56)/b10-7+,11-8+,16-13+,20-17+,22-19-,26-25-,30-27+. The van der Waals surface area contributed by atoms with Crippen LogP contribution in [0.3, 0.4) is 0 Å². The maximum Gasteiger partial charge on any atom is 0.306 e. The maximum absolute atomic E-state index is 13.2. The molecule has 0 aromatic carbocycles. The largest absolute Gasteiger partial charge is 0.462 e. The van der Waals surface area contributed by atoms with Crippen LogP contribution in [0.2, 0.25) is 0 Å². The molecule has 0 spiro atoms. The van der Waals surface area contributed by atoms with Gasteiger partial charge in [-0.05, 0) is 70.6 Å². The van der Waals surface area contributed by atoms with E-state index in [1.807, 2.05) is 42.5 Å². The number of hydrogen-bond acceptors (Lipinski definition) is 5. The summed E-state index contributed by atoms with van der Waals surface area (Å²) >= 11 is 0. The highest BCUT2D eigenvalue weighted by Gasteiger charge is 2.24. The molecule has 332 valence electrons. The van der Waals surface area contributed by atoms with Gasteiger partial charge in [0.25, 0.3) is 0 Å². The Morgan fingerprint density at radius 1 is 0.534 bits per heavy atom. The number of aliphatic hydroxyl groups excluding tert-OH is 2. The number of nitrogens with one attached hydrogen (secondary N) is 1. The third-order valence-electron chi connectivity index (χ3n) is 10.3. The molecule has 6 nitrogen and oxygen atoms in total. The summed E-state index contributed by atoms with van der Waals surface area (Å²) in [4.78, 5) is 26.0. The summed E-state index contributed by atoms with van der Waals surface area (Å²) in [5.41, 5.74) is 0. The molecule has 0 bridgehead atoms. The van der Waals surface area contributed by atoms with E-state index < -0.39 is 18.2 Å². The van der Waals surface area contributed by atoms with Gasteiger partial charge in [-0.25, -0.2) is 0 Å². The normalized spacial score (nSPS) is 14.1. The van der Waals surface area contributed by atoms with Gasteiger partial charge in [-0.1, -0.05) is 209 Å². The van der Waals surface area contributed by atoms with Crippen molar-refractivity contribution in [2.75, 3.05) is 6.61 Å². The van der Waals surface area contributed by atoms with Crippen molar-refractivity contribution in [3.63, 3.8) is 0 Å². The number of aliphatic hydroxyl groups is 2. The van der Waals surface area contributed by atoms with E-state index in [0.717, 1.165) is 103 Å². The van der Waals surface area contributed by atoms with Crippen molar-refractivity contribution in [2.45, 2.75) is 225 Å². The number of hydrogen-bond donors (Lipinski definition) is 3. The van der Waals surface area contributed by atoms with Gasteiger partial charge in [0.15, 0.2) is 0 Å². The quantitative estimate of drug-likeness (QED) is 0.0247. The molecule has 3 unspecified atom stereocenters. The second-order valence-corrected chi connectivity index (χ2v) is 15.9. The zero-order valence-corrected chi connectivity index (χ0v) is 37.6. The molecule has 0 fully saturated rings. The van der Waals surface area contributed by atoms with Crippen LogP contribution in [0.1, 0.15) is 207 Å². The molecule has 1 amide bonds. The minimum Gasteiger partial charge on any atom is -0.462 e. The molecule has 0 aromatic heterocycles. The van der Waals surface area contributed by atoms with E-state index in [1.54, 1.807) is 0 Å². The number of rotatable bonds is 41. The van der Waals surface area contributed by atoms with Crippen LogP contribution in [0.15, 0.2) is 85.1 Å². The van der Waals surface area contributed by atoms with Gasteiger partial charge in [-0.15, -0.1) is 0 Å². The number of esters is 1. The van der Waals surface area contributed by atoms with Crippen LogP contribution >= 0.6 is 0 Å². The average Bonchev–Trinajstić information content (AvgIpc) is 3.22. The van der Waals surface area contributed by atoms with Crippen LogP contribution < -0.4 is 5.32 Å². The predicted octanol–water partition coefficient (Wildman–Crippen LogP) is 14.0. The first-order chi connectivity index (χ1) is 28.5. The first-order valence-electron chi connectivity index (χ1n) is 23.9. The van der Waals surface area contributed by atoms with Crippen molar-refractivity contribution in [1.29, 1.82) is 0 Å². The van der Waals surface area contributed by atoms with Gasteiger partial charge in [-0.2, -0.15) is 0 Å². The minimum atomic E-state index is -0.802. The Bertz CT molecular complexity index is 1130. The first kappa shape index (κ1) is 55.0. The monoisotopic (exact) mass is 808 g/mol. The molecule has 0 heterocycles. The van der Waals surface area contributed by atoms with Crippen molar-refractivity contribution in [3.05, 3.63) is 85.1 Å². The molecule has 0 rings (SSSR count). The lowest BCUT2D eigenvalue weighted by atomic mass is 10.0. The highest BCUT2D eigenvalue weighted by molar-refractivity contribution is 5.77. The third-order valence-corrected chi connectivity index (χ3v) is 10.3. The molecule has 0 saturated carbocycles. The zero-order valence-electron chi connectivity index (χ0n) is 37.6. The number of carbonyl (C=O) groups excluding carboxylic acids is 2. The molecule has 58 heavy (non-hydrogen) atoms. The number of carbonyl (C=O) groups is 2. The highest BCUT2D eigenvalue weighted by atomic mass is 16.5. The summed E-state index contributed by atoms with van der Waals surface area (Å²) in [6.45, 7) is 6.20. The number of unbranched alkanes of at least 4 members (excludes halogenated alkanes) is 19. The molecule has 0 aliphatic carbocycles. The summed E-state index contributed by atoms with van der Waals surface area (Å²) in [5, 5.41) is 23.7. The molecule has 0 saturated heterocycles. The Morgan fingerprint density at radius 2 is 1.02 bits per heavy atom. The van der Waals surface area contributed by atoms with Crippen molar-refractivity contribution < 1.29 is 24.5 Å². The maximum atomic E-state index is 13.2. The topological polar surface area (TPSA) is 95.9 Å². The van der Waals surface area contributed by atoms with Gasteiger partial charge in [0, 0.05) is 6.42 Å². The predicted molar refractivity (Wildman–Crippen MR) is 250 cm³/mol. The van der Waals surface area contributed by atoms with Crippen LogP contribution in [0.5, 0.6) is 0 Å². The lowest BCUT2D eigenvalue weighted by Crippen LogP contribution is -2.46. The summed E-state index contributed by atoms with van der Waals surface area (Å²) in [6, 6.07) is -0.718. The van der Waals surface area contributed by atoms with Crippen molar-refractivity contribution >= 4 is 11.9 Å². The highest BCUT2D eigenvalue weighted by Crippen LogP contribution is 2.17. The van der Waals surface area contributed by atoms with E-state index in [-0.39, 0.29) is 24.9 Å². The van der Waals surface area contributed by atoms with Gasteiger partial charge in [0.1, 0.15) is 6.10 Å². The van der Waals surface area contributed by atoms with Crippen molar-refractivity contribution in [3.8, 4) is 0 Å². The van der Waals surface area contributed by atoms with Gasteiger partial charge in [0.2, 0.25) is 5.91 Å². The fourth-order valence-electron chi connectivity index (χ4n) is 6.78. The number of ether oxygens (including phenoxy) is 1. The van der Waals surface area contributed by atoms with Crippen LogP contribution in [-0.2, 0) is 14.3 Å². The van der Waals surface area contributed by atoms with Crippen molar-refractivity contribution in [1.82, 2.24) is 5.32 Å². The third kappa shape index (κ3) is 39.8. The van der Waals surface area contributed by atoms with Crippen LogP contribution in [0.4, 0.5) is 0 Å². The second-order valence-electron chi connectivity index (χ2n) is 15.9. The zero-order chi connectivity index (χ0) is 42.4. The number of amides is 1. The summed E-state index contributed by atoms with van der Waals surface area (Å²) in [7, 11) is 0. The van der Waals surface area contributed by atoms with E-state index in [0.29, 0.717) is 19.3 Å². The van der Waals surface area contributed by atoms with Gasteiger partial charge < -0.3 is 20.3 Å². The van der Waals surface area contributed by atoms with Gasteiger partial charge in [-0.3, -0.25) is 9.59 Å². The first-order valence-corrected chi connectivity index (χ1v) is 23.9. The number of allylic oxidation sites excluding steroid dienone is 14. The Kier molecular flexibility index (Phi) is 42.8. The smallest absolute Gasteiger partial charge is 0.306 e. The van der Waals surface area contributed by atoms with Crippen LogP contribution in [0, 0.1) is 0 Å². The Hall–Kier alpha value is -2.96. The molecule has 0 radical (unpaired) electrons. The molecular formula is C52H89NO5. The van der Waals surface area contributed by atoms with E-state index in [9.17, 15) is 19.8 Å². The lowest BCUT2D eigenvalue weighted by molar-refractivity contribution is -0.151. The second kappa shape index (κ2) is 45.1. The minimum absolute atomic E-state index is 0.0462. The van der Waals surface area contributed by atoms with E-state index in [1.165, 1.54) is 57.8 Å². The molecule has 0 aromatic rings. The molecule has 6 heteroatoms. The van der Waals surface area contributed by atoms with Crippen LogP contribution in [0.25, 0.3) is 0 Å². The molecule has 0 aliphatic rings. The molecule has 3 N–H and O–H groups in total. The Labute approximate surface area is 357 Å². The van der Waals surface area contributed by atoms with E-state index in [2.05, 4.69) is 68.6 Å². The Morgan fingerprint density at radius 3 is 1.60 bits per heavy atom. The lowest BCUT2D eigenvalue weighted by Gasteiger charge is -2.24. The SMILES string of the molecule is CC/C=C/C=C/C=C\C=C/C=C/CCCCCC(=O)OC(CCCCCCC/C=C/C/C=C/CC)CC(=O)NC(CO)C(O)CCCCCCCCCCCCCC. The van der Waals surface area contributed by atoms with Gasteiger partial charge in [0.05, 0.1) is 25.2 Å².